The largest absolute Gasteiger partial charge is 0.346 e. The van der Waals surface area contributed by atoms with Gasteiger partial charge in [0.2, 0.25) is 0 Å². The molecule has 0 unspecified atom stereocenters. The summed E-state index contributed by atoms with van der Waals surface area (Å²) in [5.41, 5.74) is 2.81. The molecule has 0 amide bonds. The van der Waals surface area contributed by atoms with E-state index in [1.54, 1.807) is 11.3 Å². The number of rotatable bonds is 3. The molecule has 3 nitrogen and oxygen atoms in total. The number of nitrogens with zero attached hydrogens (tertiary/aromatic N) is 3. The molecule has 0 aliphatic carbocycles. The molecule has 1 fully saturated rings. The number of hydrogen-bond acceptors (Lipinski definition) is 5. The molecule has 1 saturated heterocycles. The first-order valence-electron chi connectivity index (χ1n) is 7.67. The average Bonchev–Trinajstić information content (AvgIpc) is 3.10. The second-order valence-electron chi connectivity index (χ2n) is 5.66. The van der Waals surface area contributed by atoms with Gasteiger partial charge in [-0.25, -0.2) is 4.98 Å². The number of piperazine rings is 1. The Hall–Kier alpha value is -1.30. The molecular weight excluding hydrogens is 310 g/mol. The second kappa shape index (κ2) is 6.44. The van der Waals surface area contributed by atoms with Gasteiger partial charge in [-0.1, -0.05) is 18.2 Å². The van der Waals surface area contributed by atoms with Gasteiger partial charge in [0.05, 0.1) is 0 Å². The number of thiazole rings is 1. The lowest BCUT2D eigenvalue weighted by atomic mass is 10.1. The summed E-state index contributed by atoms with van der Waals surface area (Å²) in [5.74, 6) is 1.10. The predicted molar refractivity (Wildman–Crippen MR) is 95.8 cm³/mol. The molecule has 2 aliphatic heterocycles. The van der Waals surface area contributed by atoms with Crippen molar-refractivity contribution in [3.63, 3.8) is 0 Å². The highest BCUT2D eigenvalue weighted by Gasteiger charge is 2.19. The van der Waals surface area contributed by atoms with E-state index in [0.29, 0.717) is 0 Å². The van der Waals surface area contributed by atoms with Gasteiger partial charge < -0.3 is 4.90 Å². The fourth-order valence-electron chi connectivity index (χ4n) is 3.00. The topological polar surface area (TPSA) is 19.4 Å². The summed E-state index contributed by atoms with van der Waals surface area (Å²) in [7, 11) is 0. The Labute approximate surface area is 139 Å². The Morgan fingerprint density at radius 1 is 1.14 bits per heavy atom. The van der Waals surface area contributed by atoms with Crippen LogP contribution >= 0.6 is 23.1 Å². The molecular formula is C17H19N3S2. The van der Waals surface area contributed by atoms with E-state index in [9.17, 15) is 0 Å². The van der Waals surface area contributed by atoms with Crippen molar-refractivity contribution in [2.24, 2.45) is 0 Å². The minimum Gasteiger partial charge on any atom is -0.346 e. The van der Waals surface area contributed by atoms with Crippen molar-refractivity contribution in [2.45, 2.75) is 11.4 Å². The van der Waals surface area contributed by atoms with E-state index in [4.69, 9.17) is 0 Å². The van der Waals surface area contributed by atoms with E-state index in [2.05, 4.69) is 50.5 Å². The van der Waals surface area contributed by atoms with Gasteiger partial charge in [-0.3, -0.25) is 4.90 Å². The molecule has 0 spiro atoms. The predicted octanol–water partition coefficient (Wildman–Crippen LogP) is 3.58. The Bertz CT molecular complexity index is 659. The first kappa shape index (κ1) is 14.3. The molecule has 0 radical (unpaired) electrons. The molecule has 114 valence electrons. The monoisotopic (exact) mass is 329 g/mol. The zero-order valence-corrected chi connectivity index (χ0v) is 14.1. The van der Waals surface area contributed by atoms with Crippen LogP contribution in [0, 0.1) is 0 Å². The molecule has 2 aliphatic rings. The third-order valence-electron chi connectivity index (χ3n) is 4.17. The SMILES string of the molecule is C1=Cc2cc(CN3CCN(c4nccs4)CC3)ccc2SC1. The van der Waals surface area contributed by atoms with Crippen LogP contribution in [0.3, 0.4) is 0 Å². The van der Waals surface area contributed by atoms with Crippen LogP contribution in [0.25, 0.3) is 6.08 Å². The first-order chi connectivity index (χ1) is 10.9. The van der Waals surface area contributed by atoms with Gasteiger partial charge in [0.1, 0.15) is 0 Å². The molecule has 0 bridgehead atoms. The zero-order valence-electron chi connectivity index (χ0n) is 12.4. The van der Waals surface area contributed by atoms with E-state index in [0.717, 1.165) is 43.6 Å². The van der Waals surface area contributed by atoms with Crippen LogP contribution in [0.2, 0.25) is 0 Å². The maximum absolute atomic E-state index is 4.41. The molecule has 0 atom stereocenters. The normalized spacial score (nSPS) is 18.5. The molecule has 3 heterocycles. The van der Waals surface area contributed by atoms with E-state index in [-0.39, 0.29) is 0 Å². The van der Waals surface area contributed by atoms with Crippen molar-refractivity contribution in [1.29, 1.82) is 0 Å². The number of aromatic nitrogens is 1. The summed E-state index contributed by atoms with van der Waals surface area (Å²) < 4.78 is 0. The van der Waals surface area contributed by atoms with Crippen molar-refractivity contribution >= 4 is 34.3 Å². The van der Waals surface area contributed by atoms with Crippen LogP contribution in [0.15, 0.2) is 40.7 Å². The summed E-state index contributed by atoms with van der Waals surface area (Å²) >= 11 is 3.67. The minimum absolute atomic E-state index is 1.05. The van der Waals surface area contributed by atoms with Gasteiger partial charge in [0.15, 0.2) is 5.13 Å². The molecule has 2 aromatic rings. The van der Waals surface area contributed by atoms with Crippen molar-refractivity contribution in [2.75, 3.05) is 36.8 Å². The van der Waals surface area contributed by atoms with Gasteiger partial charge in [0.25, 0.3) is 0 Å². The van der Waals surface area contributed by atoms with Crippen molar-refractivity contribution in [3.8, 4) is 0 Å². The molecule has 0 N–H and O–H groups in total. The molecule has 0 saturated carbocycles. The van der Waals surface area contributed by atoms with Gasteiger partial charge in [-0.2, -0.15) is 0 Å². The number of anilines is 1. The number of benzene rings is 1. The standard InChI is InChI=1S/C17H19N3S2/c1-2-15-12-14(3-4-16(15)21-10-1)13-19-6-8-20(9-7-19)17-18-5-11-22-17/h1-5,11-12H,6-10,13H2. The maximum Gasteiger partial charge on any atom is 0.185 e. The van der Waals surface area contributed by atoms with Gasteiger partial charge in [-0.15, -0.1) is 23.1 Å². The van der Waals surface area contributed by atoms with Crippen LogP contribution < -0.4 is 4.90 Å². The van der Waals surface area contributed by atoms with Crippen molar-refractivity contribution < 1.29 is 0 Å². The molecule has 1 aromatic carbocycles. The Morgan fingerprint density at radius 2 is 2.05 bits per heavy atom. The highest BCUT2D eigenvalue weighted by atomic mass is 32.2. The van der Waals surface area contributed by atoms with Crippen molar-refractivity contribution in [1.82, 2.24) is 9.88 Å². The Kier molecular flexibility index (Phi) is 4.19. The van der Waals surface area contributed by atoms with Crippen LogP contribution in [-0.2, 0) is 6.54 Å². The lowest BCUT2D eigenvalue weighted by Gasteiger charge is -2.34. The lowest BCUT2D eigenvalue weighted by Crippen LogP contribution is -2.45. The first-order valence-corrected chi connectivity index (χ1v) is 9.54. The van der Waals surface area contributed by atoms with E-state index in [1.165, 1.54) is 16.0 Å². The summed E-state index contributed by atoms with van der Waals surface area (Å²) in [6.45, 7) is 5.43. The second-order valence-corrected chi connectivity index (χ2v) is 7.60. The highest BCUT2D eigenvalue weighted by molar-refractivity contribution is 7.99. The van der Waals surface area contributed by atoms with E-state index in [1.807, 2.05) is 18.0 Å². The third-order valence-corrected chi connectivity index (χ3v) is 6.05. The summed E-state index contributed by atoms with van der Waals surface area (Å²) in [4.78, 5) is 10.8. The average molecular weight is 329 g/mol. The third kappa shape index (κ3) is 3.07. The Balaban J connectivity index is 1.38. The fraction of sp³-hybridized carbons (Fsp3) is 0.353. The summed E-state index contributed by atoms with van der Waals surface area (Å²) in [6, 6.07) is 6.92. The van der Waals surface area contributed by atoms with Crippen LogP contribution in [0.1, 0.15) is 11.1 Å². The lowest BCUT2D eigenvalue weighted by molar-refractivity contribution is 0.250. The summed E-state index contributed by atoms with van der Waals surface area (Å²) in [5, 5.41) is 3.22. The van der Waals surface area contributed by atoms with Crippen LogP contribution in [-0.4, -0.2) is 41.8 Å². The van der Waals surface area contributed by atoms with E-state index >= 15 is 0 Å². The van der Waals surface area contributed by atoms with Crippen molar-refractivity contribution in [3.05, 3.63) is 47.0 Å². The van der Waals surface area contributed by atoms with Gasteiger partial charge in [-0.05, 0) is 23.3 Å². The Morgan fingerprint density at radius 3 is 2.86 bits per heavy atom. The number of fused-ring (bicyclic) bond motifs is 1. The maximum atomic E-state index is 4.41. The zero-order chi connectivity index (χ0) is 14.8. The molecule has 4 rings (SSSR count). The smallest absolute Gasteiger partial charge is 0.185 e. The quantitative estimate of drug-likeness (QED) is 0.857. The highest BCUT2D eigenvalue weighted by Crippen LogP contribution is 2.29. The fourth-order valence-corrected chi connectivity index (χ4v) is 4.53. The van der Waals surface area contributed by atoms with Gasteiger partial charge >= 0.3 is 0 Å². The number of hydrogen-bond donors (Lipinski definition) is 0. The summed E-state index contributed by atoms with van der Waals surface area (Å²) in [6.07, 6.45) is 6.41. The van der Waals surface area contributed by atoms with E-state index < -0.39 is 0 Å². The van der Waals surface area contributed by atoms with Crippen LogP contribution in [0.4, 0.5) is 5.13 Å². The minimum atomic E-state index is 1.05. The number of thioether (sulfide) groups is 1. The van der Waals surface area contributed by atoms with Crippen LogP contribution in [0.5, 0.6) is 0 Å². The molecule has 22 heavy (non-hydrogen) atoms. The molecule has 1 aromatic heterocycles. The van der Waals surface area contributed by atoms with Gasteiger partial charge in [0, 0.05) is 54.9 Å². The molecule has 5 heteroatoms.